The number of carbonyl (C=O) groups excluding carboxylic acids is 1. The molecule has 0 aliphatic carbocycles. The van der Waals surface area contributed by atoms with Gasteiger partial charge in [-0.2, -0.15) is 0 Å². The summed E-state index contributed by atoms with van der Waals surface area (Å²) in [5, 5.41) is 0.0641. The number of nitrogens with zero attached hydrogens (tertiary/aromatic N) is 2. The highest BCUT2D eigenvalue weighted by atomic mass is 35.5. The topological polar surface area (TPSA) is 23.6 Å². The maximum absolute atomic E-state index is 13.0. The van der Waals surface area contributed by atoms with Crippen molar-refractivity contribution in [3.63, 3.8) is 0 Å². The van der Waals surface area contributed by atoms with Crippen LogP contribution in [0.1, 0.15) is 5.56 Å². The number of amides is 1. The minimum Gasteiger partial charge on any atom is -0.337 e. The Hall–Kier alpha value is -1.39. The van der Waals surface area contributed by atoms with Crippen LogP contribution in [0, 0.1) is 5.82 Å². The van der Waals surface area contributed by atoms with Crippen LogP contribution in [0.4, 0.5) is 4.39 Å². The van der Waals surface area contributed by atoms with Crippen molar-refractivity contribution in [3.05, 3.63) is 40.7 Å². The van der Waals surface area contributed by atoms with Crippen LogP contribution in [0.25, 0.3) is 6.08 Å². The molecule has 1 saturated heterocycles. The minimum atomic E-state index is -0.454. The highest BCUT2D eigenvalue weighted by Crippen LogP contribution is 2.17. The molecular weight excluding hydrogens is 267 g/mol. The van der Waals surface area contributed by atoms with Gasteiger partial charge in [0.2, 0.25) is 5.91 Å². The Morgan fingerprint density at radius 2 is 2.00 bits per heavy atom. The van der Waals surface area contributed by atoms with Gasteiger partial charge in [0, 0.05) is 32.3 Å². The number of hydrogen-bond acceptors (Lipinski definition) is 2. The maximum Gasteiger partial charge on any atom is 0.246 e. The Balaban J connectivity index is 1.98. The van der Waals surface area contributed by atoms with E-state index in [0.717, 1.165) is 26.2 Å². The van der Waals surface area contributed by atoms with Crippen molar-refractivity contribution in [2.75, 3.05) is 33.2 Å². The molecule has 3 nitrogen and oxygen atoms in total. The number of benzene rings is 1. The van der Waals surface area contributed by atoms with Crippen LogP contribution in [-0.2, 0) is 4.79 Å². The normalized spacial score (nSPS) is 17.1. The number of rotatable bonds is 2. The fourth-order valence-electron chi connectivity index (χ4n) is 1.92. The lowest BCUT2D eigenvalue weighted by Gasteiger charge is -2.31. The summed E-state index contributed by atoms with van der Waals surface area (Å²) in [5.74, 6) is -0.474. The van der Waals surface area contributed by atoms with E-state index < -0.39 is 5.82 Å². The average Bonchev–Trinajstić information content (AvgIpc) is 2.40. The molecule has 1 amide bonds. The van der Waals surface area contributed by atoms with Gasteiger partial charge in [0.05, 0.1) is 5.02 Å². The first kappa shape index (κ1) is 14.0. The number of hydrogen-bond donors (Lipinski definition) is 0. The summed E-state index contributed by atoms with van der Waals surface area (Å²) < 4.78 is 13.0. The van der Waals surface area contributed by atoms with Gasteiger partial charge < -0.3 is 9.80 Å². The molecule has 0 atom stereocenters. The molecule has 19 heavy (non-hydrogen) atoms. The second-order valence-electron chi connectivity index (χ2n) is 4.64. The Bertz CT molecular complexity index is 496. The number of carbonyl (C=O) groups is 1. The average molecular weight is 283 g/mol. The van der Waals surface area contributed by atoms with Crippen molar-refractivity contribution >= 4 is 23.6 Å². The quantitative estimate of drug-likeness (QED) is 0.777. The van der Waals surface area contributed by atoms with Crippen LogP contribution in [0.15, 0.2) is 24.3 Å². The van der Waals surface area contributed by atoms with E-state index in [0.29, 0.717) is 5.56 Å². The van der Waals surface area contributed by atoms with E-state index in [1.807, 2.05) is 11.9 Å². The second kappa shape index (κ2) is 6.17. The Morgan fingerprint density at radius 1 is 1.32 bits per heavy atom. The number of halogens is 2. The molecule has 0 saturated carbocycles. The van der Waals surface area contributed by atoms with Crippen molar-refractivity contribution in [3.8, 4) is 0 Å². The molecule has 1 heterocycles. The number of piperazine rings is 1. The zero-order chi connectivity index (χ0) is 13.8. The van der Waals surface area contributed by atoms with Crippen molar-refractivity contribution in [2.24, 2.45) is 0 Å². The van der Waals surface area contributed by atoms with Gasteiger partial charge in [-0.3, -0.25) is 4.79 Å². The fraction of sp³-hybridized carbons (Fsp3) is 0.357. The summed E-state index contributed by atoms with van der Waals surface area (Å²) in [6.45, 7) is 3.26. The summed E-state index contributed by atoms with van der Waals surface area (Å²) >= 11 is 5.68. The van der Waals surface area contributed by atoms with Crippen LogP contribution < -0.4 is 0 Å². The van der Waals surface area contributed by atoms with E-state index in [-0.39, 0.29) is 10.9 Å². The molecule has 0 N–H and O–H groups in total. The maximum atomic E-state index is 13.0. The van der Waals surface area contributed by atoms with Gasteiger partial charge in [-0.15, -0.1) is 0 Å². The summed E-state index contributed by atoms with van der Waals surface area (Å²) in [6, 6.07) is 4.39. The van der Waals surface area contributed by atoms with E-state index in [9.17, 15) is 9.18 Å². The van der Waals surface area contributed by atoms with Crippen LogP contribution in [0.5, 0.6) is 0 Å². The van der Waals surface area contributed by atoms with Crippen molar-refractivity contribution in [1.29, 1.82) is 0 Å². The third kappa shape index (κ3) is 3.78. The molecule has 1 fully saturated rings. The highest BCUT2D eigenvalue weighted by Gasteiger charge is 2.16. The Kier molecular flexibility index (Phi) is 4.56. The zero-order valence-corrected chi connectivity index (χ0v) is 11.5. The molecule has 0 radical (unpaired) electrons. The lowest BCUT2D eigenvalue weighted by Crippen LogP contribution is -2.46. The van der Waals surface area contributed by atoms with E-state index in [2.05, 4.69) is 4.90 Å². The van der Waals surface area contributed by atoms with Gasteiger partial charge in [0.1, 0.15) is 5.82 Å². The lowest BCUT2D eigenvalue weighted by molar-refractivity contribution is -0.127. The summed E-state index contributed by atoms with van der Waals surface area (Å²) in [5.41, 5.74) is 0.717. The standard InChI is InChI=1S/C14H16ClFN2O/c1-17-6-8-18(9-7-17)14(19)5-3-11-2-4-13(16)12(15)10-11/h2-5,10H,6-9H2,1H3. The Labute approximate surface area is 117 Å². The largest absolute Gasteiger partial charge is 0.337 e. The first-order chi connectivity index (χ1) is 9.06. The third-order valence-corrected chi connectivity index (χ3v) is 3.47. The predicted molar refractivity (Wildman–Crippen MR) is 74.5 cm³/mol. The van der Waals surface area contributed by atoms with Crippen LogP contribution >= 0.6 is 11.6 Å². The lowest BCUT2D eigenvalue weighted by atomic mass is 10.2. The van der Waals surface area contributed by atoms with Gasteiger partial charge in [0.15, 0.2) is 0 Å². The van der Waals surface area contributed by atoms with Gasteiger partial charge >= 0.3 is 0 Å². The Morgan fingerprint density at radius 3 is 2.63 bits per heavy atom. The minimum absolute atomic E-state index is 0.0199. The molecule has 1 aliphatic rings. The number of likely N-dealkylation sites (N-methyl/N-ethyl adjacent to an activating group) is 1. The molecule has 1 aromatic rings. The fourth-order valence-corrected chi connectivity index (χ4v) is 2.10. The molecule has 1 aliphatic heterocycles. The molecule has 102 valence electrons. The molecule has 5 heteroatoms. The van der Waals surface area contributed by atoms with Gasteiger partial charge in [-0.05, 0) is 30.8 Å². The summed E-state index contributed by atoms with van der Waals surface area (Å²) in [7, 11) is 2.04. The SMILES string of the molecule is CN1CCN(C(=O)C=Cc2ccc(F)c(Cl)c2)CC1. The molecule has 0 spiro atoms. The van der Waals surface area contributed by atoms with E-state index >= 15 is 0 Å². The van der Waals surface area contributed by atoms with Crippen molar-refractivity contribution in [2.45, 2.75) is 0 Å². The molecule has 0 bridgehead atoms. The van der Waals surface area contributed by atoms with E-state index in [1.54, 1.807) is 12.1 Å². The predicted octanol–water partition coefficient (Wildman–Crippen LogP) is 2.27. The molecule has 0 aromatic heterocycles. The summed E-state index contributed by atoms with van der Waals surface area (Å²) in [6.07, 6.45) is 3.17. The van der Waals surface area contributed by atoms with Crippen LogP contribution in [0.3, 0.4) is 0 Å². The smallest absolute Gasteiger partial charge is 0.246 e. The van der Waals surface area contributed by atoms with Crippen LogP contribution in [-0.4, -0.2) is 48.9 Å². The molecule has 1 aromatic carbocycles. The first-order valence-corrected chi connectivity index (χ1v) is 6.54. The molecule has 0 unspecified atom stereocenters. The van der Waals surface area contributed by atoms with E-state index in [1.165, 1.54) is 18.2 Å². The third-order valence-electron chi connectivity index (χ3n) is 3.18. The van der Waals surface area contributed by atoms with Gasteiger partial charge in [-0.25, -0.2) is 4.39 Å². The molecular formula is C14H16ClFN2O. The molecule has 2 rings (SSSR count). The monoisotopic (exact) mass is 282 g/mol. The van der Waals surface area contributed by atoms with Crippen LogP contribution in [0.2, 0.25) is 5.02 Å². The van der Waals surface area contributed by atoms with Crippen molar-refractivity contribution < 1.29 is 9.18 Å². The zero-order valence-electron chi connectivity index (χ0n) is 10.8. The van der Waals surface area contributed by atoms with Gasteiger partial charge in [0.25, 0.3) is 0 Å². The van der Waals surface area contributed by atoms with E-state index in [4.69, 9.17) is 11.6 Å². The first-order valence-electron chi connectivity index (χ1n) is 6.17. The van der Waals surface area contributed by atoms with Crippen molar-refractivity contribution in [1.82, 2.24) is 9.80 Å². The second-order valence-corrected chi connectivity index (χ2v) is 5.04. The summed E-state index contributed by atoms with van der Waals surface area (Å²) in [4.78, 5) is 15.9. The highest BCUT2D eigenvalue weighted by molar-refractivity contribution is 6.30. The van der Waals surface area contributed by atoms with Gasteiger partial charge in [-0.1, -0.05) is 17.7 Å².